The average Bonchev–Trinajstić information content (AvgIpc) is 2.04. The minimum absolute atomic E-state index is 0. The van der Waals surface area contributed by atoms with E-state index in [4.69, 9.17) is 21.7 Å². The molecule has 0 saturated heterocycles. The van der Waals surface area contributed by atoms with Crippen molar-refractivity contribution in [2.45, 2.75) is 0 Å². The number of hydrogen-bond acceptors (Lipinski definition) is 2. The number of halogens is 1. The van der Waals surface area contributed by atoms with Gasteiger partial charge in [0.05, 0.1) is 7.11 Å². The summed E-state index contributed by atoms with van der Waals surface area (Å²) in [6, 6.07) is 2.65. The second-order valence-electron chi connectivity index (χ2n) is 1.77. The van der Waals surface area contributed by atoms with E-state index in [-0.39, 0.29) is 34.7 Å². The van der Waals surface area contributed by atoms with Crippen LogP contribution in [0.2, 0.25) is 5.15 Å². The first-order chi connectivity index (χ1) is 5.29. The van der Waals surface area contributed by atoms with Crippen molar-refractivity contribution in [2.75, 3.05) is 7.11 Å². The van der Waals surface area contributed by atoms with E-state index < -0.39 is 0 Å². The average molecular weight is 192 g/mol. The maximum atomic E-state index is 8.65. The molecule has 0 N–H and O–H groups in total. The van der Waals surface area contributed by atoms with Gasteiger partial charge in [-0.1, -0.05) is 11.6 Å². The van der Waals surface area contributed by atoms with Crippen LogP contribution in [0, 0.1) is 6.07 Å². The van der Waals surface area contributed by atoms with Gasteiger partial charge in [0.1, 0.15) is 5.15 Å². The number of aromatic nitrogens is 1. The number of ether oxygens (including phenoxy) is 1. The van der Waals surface area contributed by atoms with Crippen molar-refractivity contribution in [3.63, 3.8) is 0 Å². The molecular formula is C7H5ClN2NaO-. The van der Waals surface area contributed by atoms with Gasteiger partial charge in [0.25, 0.3) is 0 Å². The number of rotatable bonds is 2. The van der Waals surface area contributed by atoms with Gasteiger partial charge in [0.15, 0.2) is 0 Å². The van der Waals surface area contributed by atoms with Gasteiger partial charge in [-0.2, -0.15) is 11.6 Å². The molecule has 0 saturated carbocycles. The van der Waals surface area contributed by atoms with E-state index in [1.807, 2.05) is 0 Å². The standard InChI is InChI=1S/C7H5ClN2O.Na/c1-11-6-5(4-9)2-3-10-7(6)8;/h3-4H,1H3;/q-2;+1. The maximum Gasteiger partial charge on any atom is 1.00 e. The van der Waals surface area contributed by atoms with Gasteiger partial charge in [-0.15, -0.1) is 0 Å². The summed E-state index contributed by atoms with van der Waals surface area (Å²) in [5.74, 6) is 0.330. The number of pyridine rings is 1. The molecule has 0 atom stereocenters. The summed E-state index contributed by atoms with van der Waals surface area (Å²) in [4.78, 5) is 3.71. The first-order valence-corrected chi connectivity index (χ1v) is 3.25. The van der Waals surface area contributed by atoms with Crippen molar-refractivity contribution in [2.24, 2.45) is 0 Å². The quantitative estimate of drug-likeness (QED) is 0.248. The number of hydrogen-bond donors (Lipinski definition) is 0. The summed E-state index contributed by atoms with van der Waals surface area (Å²) in [7, 11) is 1.45. The Kier molecular flexibility index (Phi) is 5.50. The van der Waals surface area contributed by atoms with E-state index in [0.717, 1.165) is 6.21 Å². The molecule has 0 fully saturated rings. The van der Waals surface area contributed by atoms with Crippen LogP contribution in [-0.4, -0.2) is 18.3 Å². The van der Waals surface area contributed by atoms with Crippen molar-refractivity contribution in [1.82, 2.24) is 4.98 Å². The van der Waals surface area contributed by atoms with E-state index in [2.05, 4.69) is 11.1 Å². The summed E-state index contributed by atoms with van der Waals surface area (Å²) >= 11 is 5.62. The summed E-state index contributed by atoms with van der Waals surface area (Å²) in [5, 5.41) is 8.87. The smallest absolute Gasteiger partial charge is 0.879 e. The monoisotopic (exact) mass is 191 g/mol. The Hall–Kier alpha value is -0.0900. The van der Waals surface area contributed by atoms with Crippen molar-refractivity contribution in [1.29, 1.82) is 0 Å². The van der Waals surface area contributed by atoms with Crippen LogP contribution in [0.1, 0.15) is 5.56 Å². The van der Waals surface area contributed by atoms with E-state index >= 15 is 0 Å². The SMILES string of the molecule is COc1c(C=[N-])[c-]cnc1Cl.[Na+]. The molecular weight excluding hydrogens is 187 g/mol. The largest absolute Gasteiger partial charge is 1.00 e. The van der Waals surface area contributed by atoms with Gasteiger partial charge < -0.3 is 16.4 Å². The van der Waals surface area contributed by atoms with Gasteiger partial charge in [0, 0.05) is 5.75 Å². The minimum atomic E-state index is 0. The first-order valence-electron chi connectivity index (χ1n) is 2.87. The first kappa shape index (κ1) is 11.9. The van der Waals surface area contributed by atoms with Gasteiger partial charge in [-0.05, 0) is 6.20 Å². The Labute approximate surface area is 97.9 Å². The second-order valence-corrected chi connectivity index (χ2v) is 2.13. The minimum Gasteiger partial charge on any atom is -0.879 e. The molecule has 0 unspecified atom stereocenters. The molecule has 0 bridgehead atoms. The molecule has 0 aliphatic heterocycles. The maximum absolute atomic E-state index is 8.65. The molecule has 0 spiro atoms. The van der Waals surface area contributed by atoms with E-state index in [1.165, 1.54) is 13.3 Å². The van der Waals surface area contributed by atoms with Crippen LogP contribution in [0.5, 0.6) is 5.75 Å². The third-order valence-corrected chi connectivity index (χ3v) is 1.43. The molecule has 1 aromatic heterocycles. The Morgan fingerprint density at radius 3 is 2.83 bits per heavy atom. The van der Waals surface area contributed by atoms with Crippen LogP contribution in [0.3, 0.4) is 0 Å². The molecule has 3 nitrogen and oxygen atoms in total. The van der Waals surface area contributed by atoms with Gasteiger partial charge in [-0.3, -0.25) is 4.98 Å². The summed E-state index contributed by atoms with van der Waals surface area (Å²) < 4.78 is 4.85. The molecule has 12 heavy (non-hydrogen) atoms. The van der Waals surface area contributed by atoms with Gasteiger partial charge in [-0.25, -0.2) is 0 Å². The molecule has 0 radical (unpaired) electrons. The van der Waals surface area contributed by atoms with Crippen LogP contribution in [-0.2, 0) is 0 Å². The number of methoxy groups -OCH3 is 1. The topological polar surface area (TPSA) is 44.4 Å². The summed E-state index contributed by atoms with van der Waals surface area (Å²) in [5.41, 5.74) is 0.396. The molecule has 58 valence electrons. The molecule has 0 amide bonds. The fraction of sp³-hybridized carbons (Fsp3) is 0.143. The Bertz CT molecular complexity index is 280. The molecule has 1 aromatic rings. The van der Waals surface area contributed by atoms with E-state index in [9.17, 15) is 0 Å². The third kappa shape index (κ3) is 2.45. The fourth-order valence-electron chi connectivity index (χ4n) is 0.684. The normalized spacial score (nSPS) is 8.50. The van der Waals surface area contributed by atoms with Crippen LogP contribution >= 0.6 is 11.6 Å². The number of nitrogens with zero attached hydrogens (tertiary/aromatic N) is 2. The zero-order valence-corrected chi connectivity index (χ0v) is 9.59. The zero-order chi connectivity index (χ0) is 8.27. The van der Waals surface area contributed by atoms with Gasteiger partial charge >= 0.3 is 29.6 Å². The van der Waals surface area contributed by atoms with Gasteiger partial charge in [0.2, 0.25) is 0 Å². The molecule has 0 aliphatic carbocycles. The Balaban J connectivity index is 0.00000121. The van der Waals surface area contributed by atoms with E-state index in [0.29, 0.717) is 11.3 Å². The Morgan fingerprint density at radius 1 is 1.75 bits per heavy atom. The fourth-order valence-corrected chi connectivity index (χ4v) is 0.912. The molecule has 0 aliphatic rings. The van der Waals surface area contributed by atoms with Crippen LogP contribution < -0.4 is 34.3 Å². The summed E-state index contributed by atoms with van der Waals surface area (Å²) in [6.07, 6.45) is 2.24. The second kappa shape index (κ2) is 5.54. The predicted octanol–water partition coefficient (Wildman–Crippen LogP) is -1.46. The van der Waals surface area contributed by atoms with Crippen molar-refractivity contribution in [3.05, 3.63) is 28.4 Å². The Morgan fingerprint density at radius 2 is 2.42 bits per heavy atom. The molecule has 1 heterocycles. The van der Waals surface area contributed by atoms with Crippen LogP contribution in [0.4, 0.5) is 0 Å². The molecule has 5 heteroatoms. The van der Waals surface area contributed by atoms with Crippen molar-refractivity contribution < 1.29 is 34.3 Å². The zero-order valence-electron chi connectivity index (χ0n) is 6.84. The predicted molar refractivity (Wildman–Crippen MR) is 43.2 cm³/mol. The third-order valence-electron chi connectivity index (χ3n) is 1.16. The van der Waals surface area contributed by atoms with Crippen molar-refractivity contribution >= 4 is 17.8 Å². The molecule has 1 rings (SSSR count). The van der Waals surface area contributed by atoms with E-state index in [1.54, 1.807) is 0 Å². The van der Waals surface area contributed by atoms with Crippen LogP contribution in [0.15, 0.2) is 6.20 Å². The summed E-state index contributed by atoms with van der Waals surface area (Å²) in [6.45, 7) is 0. The van der Waals surface area contributed by atoms with Crippen LogP contribution in [0.25, 0.3) is 5.41 Å². The van der Waals surface area contributed by atoms with Crippen molar-refractivity contribution in [3.8, 4) is 5.75 Å². The molecule has 0 aromatic carbocycles.